The minimum Gasteiger partial charge on any atom is -0.496 e. The first kappa shape index (κ1) is 15.4. The Labute approximate surface area is 125 Å². The number of para-hydroxylation sites is 1. The lowest BCUT2D eigenvalue weighted by Gasteiger charge is -2.21. The van der Waals surface area contributed by atoms with Crippen LogP contribution in [0.5, 0.6) is 5.75 Å². The van der Waals surface area contributed by atoms with E-state index >= 15 is 0 Å². The minimum absolute atomic E-state index is 0.0397. The standard InChI is InChI=1S/C17H21FN2O/c1-12(8-14-6-4-5-7-17(14)21-3)20-13(2)15-9-16(18)11-19-10-15/h4-7,9-13,20H,8H2,1-3H3. The first-order valence-electron chi connectivity index (χ1n) is 7.08. The van der Waals surface area contributed by atoms with Gasteiger partial charge in [0.15, 0.2) is 0 Å². The number of aromatic nitrogens is 1. The Balaban J connectivity index is 1.99. The quantitative estimate of drug-likeness (QED) is 0.883. The number of hydrogen-bond acceptors (Lipinski definition) is 3. The van der Waals surface area contributed by atoms with Crippen molar-refractivity contribution in [2.45, 2.75) is 32.4 Å². The van der Waals surface area contributed by atoms with E-state index in [1.165, 1.54) is 12.3 Å². The lowest BCUT2D eigenvalue weighted by Crippen LogP contribution is -2.31. The van der Waals surface area contributed by atoms with Crippen molar-refractivity contribution in [3.63, 3.8) is 0 Å². The first-order valence-corrected chi connectivity index (χ1v) is 7.08. The van der Waals surface area contributed by atoms with Crippen molar-refractivity contribution in [2.75, 3.05) is 7.11 Å². The second kappa shape index (κ2) is 7.18. The molecule has 2 atom stereocenters. The Bertz CT molecular complexity index is 589. The number of pyridine rings is 1. The number of halogens is 1. The van der Waals surface area contributed by atoms with Gasteiger partial charge in [-0.05, 0) is 43.5 Å². The van der Waals surface area contributed by atoms with E-state index in [0.717, 1.165) is 23.3 Å². The summed E-state index contributed by atoms with van der Waals surface area (Å²) in [5.41, 5.74) is 2.01. The van der Waals surface area contributed by atoms with Gasteiger partial charge in [-0.3, -0.25) is 4.98 Å². The van der Waals surface area contributed by atoms with Crippen LogP contribution in [-0.4, -0.2) is 18.1 Å². The number of nitrogens with zero attached hydrogens (tertiary/aromatic N) is 1. The van der Waals surface area contributed by atoms with Gasteiger partial charge in [0.1, 0.15) is 11.6 Å². The van der Waals surface area contributed by atoms with Crippen molar-refractivity contribution >= 4 is 0 Å². The molecular formula is C17H21FN2O. The highest BCUT2D eigenvalue weighted by molar-refractivity contribution is 5.33. The third kappa shape index (κ3) is 4.26. The summed E-state index contributed by atoms with van der Waals surface area (Å²) in [6, 6.07) is 9.78. The SMILES string of the molecule is COc1ccccc1CC(C)NC(C)c1cncc(F)c1. The van der Waals surface area contributed by atoms with Gasteiger partial charge in [-0.25, -0.2) is 4.39 Å². The Hall–Kier alpha value is -1.94. The van der Waals surface area contributed by atoms with E-state index in [-0.39, 0.29) is 17.9 Å². The molecule has 0 amide bonds. The molecule has 2 aromatic rings. The molecule has 0 radical (unpaired) electrons. The number of nitrogens with one attached hydrogen (secondary N) is 1. The Morgan fingerprint density at radius 1 is 1.24 bits per heavy atom. The van der Waals surface area contributed by atoms with E-state index < -0.39 is 0 Å². The van der Waals surface area contributed by atoms with Gasteiger partial charge in [-0.2, -0.15) is 0 Å². The fourth-order valence-corrected chi connectivity index (χ4v) is 2.45. The molecule has 21 heavy (non-hydrogen) atoms. The van der Waals surface area contributed by atoms with Gasteiger partial charge in [0, 0.05) is 18.3 Å². The monoisotopic (exact) mass is 288 g/mol. The van der Waals surface area contributed by atoms with Crippen LogP contribution >= 0.6 is 0 Å². The van der Waals surface area contributed by atoms with Crippen LogP contribution in [0.15, 0.2) is 42.7 Å². The predicted molar refractivity (Wildman–Crippen MR) is 81.9 cm³/mol. The number of methoxy groups -OCH3 is 1. The second-order valence-electron chi connectivity index (χ2n) is 5.24. The van der Waals surface area contributed by atoms with E-state index in [1.807, 2.05) is 25.1 Å². The van der Waals surface area contributed by atoms with E-state index in [0.29, 0.717) is 0 Å². The van der Waals surface area contributed by atoms with Crippen LogP contribution in [-0.2, 0) is 6.42 Å². The summed E-state index contributed by atoms with van der Waals surface area (Å²) in [6.07, 6.45) is 3.75. The fraction of sp³-hybridized carbons (Fsp3) is 0.353. The average molecular weight is 288 g/mol. The largest absolute Gasteiger partial charge is 0.496 e. The Morgan fingerprint density at radius 3 is 2.71 bits per heavy atom. The fourth-order valence-electron chi connectivity index (χ4n) is 2.45. The number of rotatable bonds is 6. The summed E-state index contributed by atoms with van der Waals surface area (Å²) < 4.78 is 18.6. The zero-order chi connectivity index (χ0) is 15.2. The van der Waals surface area contributed by atoms with E-state index in [2.05, 4.69) is 23.3 Å². The molecular weight excluding hydrogens is 267 g/mol. The maximum atomic E-state index is 13.2. The summed E-state index contributed by atoms with van der Waals surface area (Å²) in [6.45, 7) is 4.12. The van der Waals surface area contributed by atoms with Crippen LogP contribution in [0.1, 0.15) is 31.0 Å². The smallest absolute Gasteiger partial charge is 0.141 e. The lowest BCUT2D eigenvalue weighted by molar-refractivity contribution is 0.403. The molecule has 1 N–H and O–H groups in total. The summed E-state index contributed by atoms with van der Waals surface area (Å²) in [5.74, 6) is 0.588. The molecule has 4 heteroatoms. The molecule has 1 heterocycles. The van der Waals surface area contributed by atoms with Crippen molar-refractivity contribution in [2.24, 2.45) is 0 Å². The molecule has 1 aromatic carbocycles. The highest BCUT2D eigenvalue weighted by atomic mass is 19.1. The lowest BCUT2D eigenvalue weighted by atomic mass is 10.0. The van der Waals surface area contributed by atoms with Crippen LogP contribution in [0, 0.1) is 5.82 Å². The van der Waals surface area contributed by atoms with Crippen molar-refractivity contribution in [1.29, 1.82) is 0 Å². The van der Waals surface area contributed by atoms with Gasteiger partial charge in [-0.15, -0.1) is 0 Å². The molecule has 0 aliphatic rings. The van der Waals surface area contributed by atoms with Crippen LogP contribution in [0.25, 0.3) is 0 Å². The maximum Gasteiger partial charge on any atom is 0.141 e. The summed E-state index contributed by atoms with van der Waals surface area (Å²) in [4.78, 5) is 3.89. The molecule has 112 valence electrons. The molecule has 1 aromatic heterocycles. The number of ether oxygens (including phenoxy) is 1. The maximum absolute atomic E-state index is 13.2. The number of hydrogen-bond donors (Lipinski definition) is 1. The van der Waals surface area contributed by atoms with Gasteiger partial charge in [0.05, 0.1) is 13.3 Å². The average Bonchev–Trinajstić information content (AvgIpc) is 2.47. The van der Waals surface area contributed by atoms with Crippen LogP contribution in [0.2, 0.25) is 0 Å². The summed E-state index contributed by atoms with van der Waals surface area (Å²) >= 11 is 0. The summed E-state index contributed by atoms with van der Waals surface area (Å²) in [7, 11) is 1.68. The molecule has 2 rings (SSSR count). The van der Waals surface area contributed by atoms with E-state index in [1.54, 1.807) is 13.3 Å². The highest BCUT2D eigenvalue weighted by Crippen LogP contribution is 2.20. The first-order chi connectivity index (χ1) is 10.1. The molecule has 0 fully saturated rings. The zero-order valence-corrected chi connectivity index (χ0v) is 12.6. The number of benzene rings is 1. The molecule has 0 bridgehead atoms. The third-order valence-corrected chi connectivity index (χ3v) is 3.48. The molecule has 0 spiro atoms. The summed E-state index contributed by atoms with van der Waals surface area (Å²) in [5, 5.41) is 3.46. The predicted octanol–water partition coefficient (Wildman–Crippen LogP) is 3.51. The van der Waals surface area contributed by atoms with Crippen molar-refractivity contribution in [3.05, 3.63) is 59.7 Å². The third-order valence-electron chi connectivity index (χ3n) is 3.48. The molecule has 3 nitrogen and oxygen atoms in total. The molecule has 2 unspecified atom stereocenters. The second-order valence-corrected chi connectivity index (χ2v) is 5.24. The van der Waals surface area contributed by atoms with Gasteiger partial charge in [0.2, 0.25) is 0 Å². The molecule has 0 saturated carbocycles. The molecule has 0 aliphatic carbocycles. The minimum atomic E-state index is -0.307. The Kier molecular flexibility index (Phi) is 5.28. The normalized spacial score (nSPS) is 13.7. The van der Waals surface area contributed by atoms with Gasteiger partial charge < -0.3 is 10.1 Å². The zero-order valence-electron chi connectivity index (χ0n) is 12.6. The van der Waals surface area contributed by atoms with Crippen LogP contribution in [0.3, 0.4) is 0 Å². The van der Waals surface area contributed by atoms with Crippen LogP contribution in [0.4, 0.5) is 4.39 Å². The van der Waals surface area contributed by atoms with Crippen molar-refractivity contribution in [3.8, 4) is 5.75 Å². The van der Waals surface area contributed by atoms with Crippen molar-refractivity contribution in [1.82, 2.24) is 10.3 Å². The Morgan fingerprint density at radius 2 is 2.00 bits per heavy atom. The van der Waals surface area contributed by atoms with Gasteiger partial charge in [-0.1, -0.05) is 18.2 Å². The highest BCUT2D eigenvalue weighted by Gasteiger charge is 2.12. The van der Waals surface area contributed by atoms with Crippen molar-refractivity contribution < 1.29 is 9.13 Å². The van der Waals surface area contributed by atoms with Gasteiger partial charge in [0.25, 0.3) is 0 Å². The van der Waals surface area contributed by atoms with Crippen LogP contribution < -0.4 is 10.1 Å². The topological polar surface area (TPSA) is 34.1 Å². The van der Waals surface area contributed by atoms with Gasteiger partial charge >= 0.3 is 0 Å². The molecule has 0 aliphatic heterocycles. The van der Waals surface area contributed by atoms with E-state index in [9.17, 15) is 4.39 Å². The van der Waals surface area contributed by atoms with E-state index in [4.69, 9.17) is 4.74 Å². The molecule has 0 saturated heterocycles.